The van der Waals surface area contributed by atoms with Crippen molar-refractivity contribution < 1.29 is 4.74 Å². The van der Waals surface area contributed by atoms with E-state index >= 15 is 0 Å². The minimum absolute atomic E-state index is 0.593. The van der Waals surface area contributed by atoms with Crippen LogP contribution in [-0.2, 0) is 6.54 Å². The predicted molar refractivity (Wildman–Crippen MR) is 115 cm³/mol. The predicted octanol–water partition coefficient (Wildman–Crippen LogP) is 6.56. The highest BCUT2D eigenvalue weighted by Gasteiger charge is 2.08. The molecule has 29 heavy (non-hydrogen) atoms. The molecule has 1 heterocycles. The van der Waals surface area contributed by atoms with Crippen LogP contribution < -0.4 is 4.74 Å². The van der Waals surface area contributed by atoms with E-state index < -0.39 is 0 Å². The van der Waals surface area contributed by atoms with Crippen molar-refractivity contribution in [2.24, 2.45) is 0 Å². The minimum Gasteiger partial charge on any atom is -0.439 e. The fourth-order valence-corrected chi connectivity index (χ4v) is 3.38. The lowest BCUT2D eigenvalue weighted by molar-refractivity contribution is 0.436. The molecule has 4 heteroatoms. The summed E-state index contributed by atoms with van der Waals surface area (Å²) in [5, 5.41) is 0. The van der Waals surface area contributed by atoms with Crippen molar-refractivity contribution in [3.8, 4) is 22.8 Å². The highest BCUT2D eigenvalue weighted by Crippen LogP contribution is 2.27. The molecule has 0 radical (unpaired) electrons. The van der Waals surface area contributed by atoms with Crippen molar-refractivity contribution in [2.45, 2.75) is 20.4 Å². The molecule has 0 aliphatic rings. The Morgan fingerprint density at radius 3 is 2.55 bits per heavy atom. The van der Waals surface area contributed by atoms with Gasteiger partial charge in [0.15, 0.2) is 5.69 Å². The monoisotopic (exact) mass is 379 g/mol. The van der Waals surface area contributed by atoms with Gasteiger partial charge in [0.1, 0.15) is 5.75 Å². The number of hydrogen-bond acceptors (Lipinski definition) is 2. The molecule has 0 amide bonds. The number of hydrogen-bond donors (Lipinski definition) is 0. The molecule has 0 aliphatic carbocycles. The largest absolute Gasteiger partial charge is 0.439 e. The Bertz CT molecular complexity index is 1180. The molecule has 0 fully saturated rings. The summed E-state index contributed by atoms with van der Waals surface area (Å²) in [6, 6.07) is 22.2. The number of nitrogens with zero attached hydrogens (tertiary/aromatic N) is 3. The Morgan fingerprint density at radius 2 is 1.83 bits per heavy atom. The third kappa shape index (κ3) is 4.20. The molecular weight excluding hydrogens is 358 g/mol. The lowest BCUT2D eigenvalue weighted by Crippen LogP contribution is -2.01. The summed E-state index contributed by atoms with van der Waals surface area (Å²) in [7, 11) is 0. The van der Waals surface area contributed by atoms with Gasteiger partial charge in [-0.05, 0) is 48.2 Å². The summed E-state index contributed by atoms with van der Waals surface area (Å²) in [5.41, 5.74) is 6.77. The maximum absolute atomic E-state index is 7.04. The molecule has 3 aromatic carbocycles. The summed E-state index contributed by atoms with van der Waals surface area (Å²) in [6.07, 6.45) is 3.48. The van der Waals surface area contributed by atoms with Crippen LogP contribution >= 0.6 is 0 Å². The van der Waals surface area contributed by atoms with Gasteiger partial charge in [0.2, 0.25) is 5.88 Å². The Labute approximate surface area is 170 Å². The molecule has 0 N–H and O–H groups in total. The van der Waals surface area contributed by atoms with E-state index in [0.717, 1.165) is 0 Å². The molecule has 0 spiro atoms. The minimum atomic E-state index is 0.593. The summed E-state index contributed by atoms with van der Waals surface area (Å²) in [5.74, 6) is 1.35. The van der Waals surface area contributed by atoms with Crippen molar-refractivity contribution in [2.75, 3.05) is 0 Å². The van der Waals surface area contributed by atoms with Crippen LogP contribution in [0.2, 0.25) is 0 Å². The number of ether oxygens (including phenoxy) is 1. The third-order valence-corrected chi connectivity index (χ3v) is 4.84. The first-order chi connectivity index (χ1) is 14.1. The molecular formula is C25H21N3O. The Balaban J connectivity index is 1.53. The summed E-state index contributed by atoms with van der Waals surface area (Å²) >= 11 is 0. The van der Waals surface area contributed by atoms with Crippen LogP contribution in [0.1, 0.15) is 16.7 Å². The second-order valence-electron chi connectivity index (χ2n) is 7.09. The molecule has 4 rings (SSSR count). The summed E-state index contributed by atoms with van der Waals surface area (Å²) < 4.78 is 7.93. The lowest BCUT2D eigenvalue weighted by atomic mass is 9.97. The molecule has 1 aromatic heterocycles. The van der Waals surface area contributed by atoms with Gasteiger partial charge in [0.25, 0.3) is 0 Å². The van der Waals surface area contributed by atoms with E-state index in [4.69, 9.17) is 11.3 Å². The molecule has 4 aromatic rings. The molecule has 0 aliphatic heterocycles. The van der Waals surface area contributed by atoms with Crippen LogP contribution in [0, 0.1) is 20.4 Å². The van der Waals surface area contributed by atoms with Gasteiger partial charge in [-0.3, -0.25) is 4.57 Å². The van der Waals surface area contributed by atoms with Gasteiger partial charge >= 0.3 is 0 Å². The van der Waals surface area contributed by atoms with E-state index in [-0.39, 0.29) is 0 Å². The molecule has 0 saturated carbocycles. The van der Waals surface area contributed by atoms with Crippen molar-refractivity contribution in [3.05, 3.63) is 107 Å². The van der Waals surface area contributed by atoms with Crippen LogP contribution in [-0.4, -0.2) is 9.55 Å². The zero-order valence-electron chi connectivity index (χ0n) is 16.5. The molecule has 0 bridgehead atoms. The van der Waals surface area contributed by atoms with Gasteiger partial charge in [-0.15, -0.1) is 0 Å². The fraction of sp³-hybridized carbons (Fsp3) is 0.120. The van der Waals surface area contributed by atoms with Crippen molar-refractivity contribution >= 4 is 5.69 Å². The molecule has 142 valence electrons. The first-order valence-electron chi connectivity index (χ1n) is 9.44. The average Bonchev–Trinajstić information content (AvgIpc) is 3.15. The Hall–Kier alpha value is -3.84. The first-order valence-corrected chi connectivity index (χ1v) is 9.44. The smallest absolute Gasteiger partial charge is 0.219 e. The second-order valence-corrected chi connectivity index (χ2v) is 7.09. The Kier molecular flexibility index (Phi) is 5.13. The van der Waals surface area contributed by atoms with E-state index in [2.05, 4.69) is 66.1 Å². The molecule has 4 nitrogen and oxygen atoms in total. The van der Waals surface area contributed by atoms with Gasteiger partial charge in [-0.1, -0.05) is 60.2 Å². The second kappa shape index (κ2) is 8.04. The van der Waals surface area contributed by atoms with E-state index in [1.807, 2.05) is 4.57 Å². The number of aromatic nitrogens is 2. The van der Waals surface area contributed by atoms with Crippen LogP contribution in [0.5, 0.6) is 11.6 Å². The molecule has 0 atom stereocenters. The molecule has 0 saturated heterocycles. The van der Waals surface area contributed by atoms with Crippen molar-refractivity contribution in [1.29, 1.82) is 0 Å². The summed E-state index contributed by atoms with van der Waals surface area (Å²) in [4.78, 5) is 7.64. The van der Waals surface area contributed by atoms with E-state index in [1.54, 1.807) is 36.8 Å². The first kappa shape index (κ1) is 18.5. The maximum Gasteiger partial charge on any atom is 0.219 e. The van der Waals surface area contributed by atoms with Gasteiger partial charge in [-0.2, -0.15) is 0 Å². The zero-order valence-corrected chi connectivity index (χ0v) is 16.5. The van der Waals surface area contributed by atoms with E-state index in [9.17, 15) is 0 Å². The average molecular weight is 379 g/mol. The van der Waals surface area contributed by atoms with Gasteiger partial charge in [0.05, 0.1) is 25.6 Å². The highest BCUT2D eigenvalue weighted by atomic mass is 16.5. The number of imidazole rings is 1. The van der Waals surface area contributed by atoms with E-state index in [0.29, 0.717) is 23.9 Å². The van der Waals surface area contributed by atoms with Crippen LogP contribution in [0.25, 0.3) is 16.0 Å². The molecule has 0 unspecified atom stereocenters. The lowest BCUT2D eigenvalue weighted by Gasteiger charge is -2.12. The number of rotatable bonds is 5. The van der Waals surface area contributed by atoms with Gasteiger partial charge in [0, 0.05) is 0 Å². The number of aryl methyl sites for hydroxylation is 2. The van der Waals surface area contributed by atoms with Crippen molar-refractivity contribution in [1.82, 2.24) is 9.55 Å². The topological polar surface area (TPSA) is 31.4 Å². The van der Waals surface area contributed by atoms with Crippen LogP contribution in [0.4, 0.5) is 5.69 Å². The normalized spacial score (nSPS) is 10.5. The van der Waals surface area contributed by atoms with Crippen LogP contribution in [0.3, 0.4) is 0 Å². The number of benzene rings is 3. The highest BCUT2D eigenvalue weighted by molar-refractivity contribution is 5.68. The quantitative estimate of drug-likeness (QED) is 0.368. The maximum atomic E-state index is 7.04. The Morgan fingerprint density at radius 1 is 1.00 bits per heavy atom. The zero-order chi connectivity index (χ0) is 20.2. The van der Waals surface area contributed by atoms with Crippen molar-refractivity contribution in [3.63, 3.8) is 0 Å². The SMILES string of the molecule is [C-]#[N+]c1ccc(Oc2cncn2Cc2ccc(-c3cccc(C)c3)c(C)c2)cc1. The fourth-order valence-electron chi connectivity index (χ4n) is 3.38. The van der Waals surface area contributed by atoms with Crippen LogP contribution in [0.15, 0.2) is 79.3 Å². The standard InChI is InChI=1S/C25H21N3O/c1-18-5-4-6-21(13-18)24-12-7-20(14-19(24)2)16-28-17-27-15-25(28)29-23-10-8-22(26-3)9-11-23/h4-15,17H,16H2,1-2H3. The van der Waals surface area contributed by atoms with Gasteiger partial charge < -0.3 is 4.74 Å². The third-order valence-electron chi connectivity index (χ3n) is 4.84. The summed E-state index contributed by atoms with van der Waals surface area (Å²) in [6.45, 7) is 12.0. The van der Waals surface area contributed by atoms with Gasteiger partial charge in [-0.25, -0.2) is 9.83 Å². The van der Waals surface area contributed by atoms with E-state index in [1.165, 1.54) is 27.8 Å².